The molecule has 2 aliphatic heterocycles. The molecule has 0 spiro atoms. The van der Waals surface area contributed by atoms with Crippen LogP contribution in [0.15, 0.2) is 18.2 Å². The molecule has 2 saturated heterocycles. The fraction of sp³-hybridized carbons (Fsp3) is 0.647. The molecule has 1 N–H and O–H groups in total. The average molecular weight is 291 g/mol. The molecule has 3 rings (SSSR count). The van der Waals surface area contributed by atoms with E-state index in [4.69, 9.17) is 9.47 Å². The first kappa shape index (κ1) is 14.7. The van der Waals surface area contributed by atoms with Crippen molar-refractivity contribution in [3.8, 4) is 11.5 Å². The van der Waals surface area contributed by atoms with E-state index in [2.05, 4.69) is 11.9 Å². The summed E-state index contributed by atoms with van der Waals surface area (Å²) < 4.78 is 10.6. The molecule has 2 fully saturated rings. The Morgan fingerprint density at radius 2 is 1.57 bits per heavy atom. The van der Waals surface area contributed by atoms with Gasteiger partial charge in [0.05, 0.1) is 20.3 Å². The van der Waals surface area contributed by atoms with Gasteiger partial charge in [-0.05, 0) is 56.3 Å². The molecule has 116 valence electrons. The number of hydrogen-bond acceptors (Lipinski definition) is 4. The lowest BCUT2D eigenvalue weighted by Gasteiger charge is -2.38. The predicted octanol–water partition coefficient (Wildman–Crippen LogP) is 2.61. The molecule has 0 aromatic heterocycles. The summed E-state index contributed by atoms with van der Waals surface area (Å²) in [5.74, 6) is 1.80. The van der Waals surface area contributed by atoms with Gasteiger partial charge >= 0.3 is 0 Å². The fourth-order valence-electron chi connectivity index (χ4n) is 3.98. The fourth-order valence-corrected chi connectivity index (χ4v) is 3.98. The monoisotopic (exact) mass is 291 g/mol. The molecule has 2 heterocycles. The molecule has 0 saturated carbocycles. The van der Waals surface area contributed by atoms with Gasteiger partial charge < -0.3 is 19.5 Å². The molecule has 3 unspecified atom stereocenters. The van der Waals surface area contributed by atoms with E-state index in [1.165, 1.54) is 12.8 Å². The van der Waals surface area contributed by atoms with Crippen molar-refractivity contribution >= 4 is 0 Å². The smallest absolute Gasteiger partial charge is 0.122 e. The van der Waals surface area contributed by atoms with Gasteiger partial charge in [0.1, 0.15) is 11.5 Å². The second-order valence-electron chi connectivity index (χ2n) is 6.37. The highest BCUT2D eigenvalue weighted by Gasteiger charge is 2.41. The van der Waals surface area contributed by atoms with E-state index in [1.54, 1.807) is 14.2 Å². The van der Waals surface area contributed by atoms with Crippen LogP contribution in [-0.2, 0) is 0 Å². The molecule has 0 aliphatic carbocycles. The van der Waals surface area contributed by atoms with Crippen LogP contribution in [-0.4, -0.2) is 43.4 Å². The normalized spacial score (nSPS) is 30.2. The van der Waals surface area contributed by atoms with Gasteiger partial charge in [0, 0.05) is 18.2 Å². The van der Waals surface area contributed by atoms with Crippen LogP contribution in [0.5, 0.6) is 11.5 Å². The van der Waals surface area contributed by atoms with Crippen LogP contribution in [0.2, 0.25) is 0 Å². The number of aliphatic hydroxyl groups excluding tert-OH is 1. The zero-order valence-corrected chi connectivity index (χ0v) is 13.1. The van der Waals surface area contributed by atoms with E-state index < -0.39 is 6.10 Å². The summed E-state index contributed by atoms with van der Waals surface area (Å²) in [6.07, 6.45) is 4.25. The third-order valence-electron chi connectivity index (χ3n) is 5.30. The van der Waals surface area contributed by atoms with Crippen LogP contribution in [0.25, 0.3) is 0 Å². The summed E-state index contributed by atoms with van der Waals surface area (Å²) in [6.45, 7) is 0. The predicted molar refractivity (Wildman–Crippen MR) is 81.8 cm³/mol. The second-order valence-corrected chi connectivity index (χ2v) is 6.37. The lowest BCUT2D eigenvalue weighted by Crippen LogP contribution is -2.41. The van der Waals surface area contributed by atoms with Crippen LogP contribution in [0, 0.1) is 5.92 Å². The lowest BCUT2D eigenvalue weighted by molar-refractivity contribution is 0.0354. The quantitative estimate of drug-likeness (QED) is 0.926. The third kappa shape index (κ3) is 2.74. The van der Waals surface area contributed by atoms with Crippen molar-refractivity contribution in [2.75, 3.05) is 21.3 Å². The van der Waals surface area contributed by atoms with Gasteiger partial charge in [0.25, 0.3) is 0 Å². The minimum Gasteiger partial charge on any atom is -0.497 e. The molecule has 1 aromatic rings. The molecule has 2 aliphatic rings. The number of aliphatic hydroxyl groups is 1. The van der Waals surface area contributed by atoms with Gasteiger partial charge in [0.2, 0.25) is 0 Å². The molecule has 1 aromatic carbocycles. The average Bonchev–Trinajstić information content (AvgIpc) is 2.74. The van der Waals surface area contributed by atoms with Crippen LogP contribution in [0.1, 0.15) is 37.4 Å². The molecule has 3 atom stereocenters. The van der Waals surface area contributed by atoms with Crippen LogP contribution < -0.4 is 9.47 Å². The van der Waals surface area contributed by atoms with Crippen molar-refractivity contribution in [1.29, 1.82) is 0 Å². The number of rotatable bonds is 4. The number of benzene rings is 1. The highest BCUT2D eigenvalue weighted by Crippen LogP contribution is 2.43. The topological polar surface area (TPSA) is 41.9 Å². The van der Waals surface area contributed by atoms with Gasteiger partial charge in [0.15, 0.2) is 0 Å². The molecule has 4 nitrogen and oxygen atoms in total. The van der Waals surface area contributed by atoms with E-state index in [1.807, 2.05) is 18.2 Å². The Labute approximate surface area is 126 Å². The maximum atomic E-state index is 10.8. The minimum atomic E-state index is -0.439. The molecule has 4 heteroatoms. The number of ether oxygens (including phenoxy) is 2. The first-order valence-electron chi connectivity index (χ1n) is 7.75. The number of nitrogens with zero attached hydrogens (tertiary/aromatic N) is 1. The molecule has 2 bridgehead atoms. The van der Waals surface area contributed by atoms with Crippen molar-refractivity contribution in [3.05, 3.63) is 23.8 Å². The van der Waals surface area contributed by atoms with E-state index in [-0.39, 0.29) is 0 Å². The molecule has 0 radical (unpaired) electrons. The summed E-state index contributed by atoms with van der Waals surface area (Å²) >= 11 is 0. The Hall–Kier alpha value is -1.26. The second kappa shape index (κ2) is 5.85. The molecule has 21 heavy (non-hydrogen) atoms. The van der Waals surface area contributed by atoms with Crippen LogP contribution in [0.3, 0.4) is 0 Å². The third-order valence-corrected chi connectivity index (χ3v) is 5.30. The number of hydrogen-bond donors (Lipinski definition) is 1. The zero-order valence-electron chi connectivity index (χ0n) is 13.1. The Bertz CT molecular complexity index is 469. The SMILES string of the molecule is COc1cc(OC)cc(C(O)C2CC3CCC(C2)N3C)c1. The van der Waals surface area contributed by atoms with Crippen molar-refractivity contribution in [2.45, 2.75) is 43.9 Å². The maximum Gasteiger partial charge on any atom is 0.122 e. The largest absolute Gasteiger partial charge is 0.497 e. The Morgan fingerprint density at radius 3 is 2.05 bits per heavy atom. The van der Waals surface area contributed by atoms with E-state index in [0.717, 1.165) is 29.9 Å². The van der Waals surface area contributed by atoms with E-state index in [0.29, 0.717) is 18.0 Å². The van der Waals surface area contributed by atoms with Crippen molar-refractivity contribution < 1.29 is 14.6 Å². The number of methoxy groups -OCH3 is 2. The Kier molecular flexibility index (Phi) is 4.09. The molecule has 0 amide bonds. The van der Waals surface area contributed by atoms with Crippen molar-refractivity contribution in [2.24, 2.45) is 5.92 Å². The number of fused-ring (bicyclic) bond motifs is 2. The van der Waals surface area contributed by atoms with Crippen LogP contribution in [0.4, 0.5) is 0 Å². The summed E-state index contributed by atoms with van der Waals surface area (Å²) in [4.78, 5) is 2.50. The first-order chi connectivity index (χ1) is 10.1. The highest BCUT2D eigenvalue weighted by molar-refractivity contribution is 5.39. The summed E-state index contributed by atoms with van der Waals surface area (Å²) in [5.41, 5.74) is 0.903. The van der Waals surface area contributed by atoms with Gasteiger partial charge in [-0.25, -0.2) is 0 Å². The molecular weight excluding hydrogens is 266 g/mol. The van der Waals surface area contributed by atoms with Gasteiger partial charge in [-0.3, -0.25) is 0 Å². The standard InChI is InChI=1S/C17H25NO3/c1-18-13-4-5-14(18)7-11(6-13)17(19)12-8-15(20-2)10-16(9-12)21-3/h8-11,13-14,17,19H,4-7H2,1-3H3. The summed E-state index contributed by atoms with van der Waals surface area (Å²) in [7, 11) is 5.50. The maximum absolute atomic E-state index is 10.8. The van der Waals surface area contributed by atoms with E-state index >= 15 is 0 Å². The minimum absolute atomic E-state index is 0.329. The highest BCUT2D eigenvalue weighted by atomic mass is 16.5. The summed E-state index contributed by atoms with van der Waals surface area (Å²) in [5, 5.41) is 10.8. The van der Waals surface area contributed by atoms with Gasteiger partial charge in [-0.1, -0.05) is 0 Å². The van der Waals surface area contributed by atoms with Crippen molar-refractivity contribution in [1.82, 2.24) is 4.90 Å². The summed E-state index contributed by atoms with van der Waals surface area (Å²) in [6, 6.07) is 6.96. The Morgan fingerprint density at radius 1 is 1.05 bits per heavy atom. The molecular formula is C17H25NO3. The van der Waals surface area contributed by atoms with Crippen molar-refractivity contribution in [3.63, 3.8) is 0 Å². The lowest BCUT2D eigenvalue weighted by atomic mass is 9.83. The zero-order chi connectivity index (χ0) is 15.0. The van der Waals surface area contributed by atoms with Crippen LogP contribution >= 0.6 is 0 Å². The first-order valence-corrected chi connectivity index (χ1v) is 7.75. The Balaban J connectivity index is 1.80. The van der Waals surface area contributed by atoms with Gasteiger partial charge in [-0.15, -0.1) is 0 Å². The number of piperidine rings is 1. The van der Waals surface area contributed by atoms with Gasteiger partial charge in [-0.2, -0.15) is 0 Å². The van der Waals surface area contributed by atoms with E-state index in [9.17, 15) is 5.11 Å².